The van der Waals surface area contributed by atoms with Gasteiger partial charge < -0.3 is 9.80 Å². The van der Waals surface area contributed by atoms with Crippen molar-refractivity contribution in [3.05, 3.63) is 24.3 Å². The van der Waals surface area contributed by atoms with Crippen molar-refractivity contribution in [2.45, 2.75) is 44.7 Å². The average molecular weight is 428 g/mol. The Bertz CT molecular complexity index is 862. The van der Waals surface area contributed by atoms with E-state index in [4.69, 9.17) is 4.37 Å². The summed E-state index contributed by atoms with van der Waals surface area (Å²) in [6.45, 7) is 8.53. The number of anilines is 1. The first-order valence-corrected chi connectivity index (χ1v) is 12.4. The van der Waals surface area contributed by atoms with Gasteiger partial charge in [-0.2, -0.15) is 4.37 Å². The third kappa shape index (κ3) is 4.20. The Hall–Kier alpha value is -1.70. The second kappa shape index (κ2) is 9.20. The van der Waals surface area contributed by atoms with Crippen LogP contribution >= 0.6 is 11.5 Å². The number of carbonyl (C=O) groups excluding carboxylic acids is 1. The molecule has 0 aliphatic carbocycles. The summed E-state index contributed by atoms with van der Waals surface area (Å²) in [5.74, 6) is 1.54. The number of piperidine rings is 1. The Labute approximate surface area is 183 Å². The van der Waals surface area contributed by atoms with Crippen LogP contribution in [-0.2, 0) is 4.79 Å². The van der Waals surface area contributed by atoms with Crippen LogP contribution in [0.3, 0.4) is 0 Å². The van der Waals surface area contributed by atoms with Gasteiger partial charge in [-0.05, 0) is 62.3 Å². The molecule has 1 unspecified atom stereocenters. The minimum absolute atomic E-state index is 0.377. The van der Waals surface area contributed by atoms with Crippen molar-refractivity contribution in [2.75, 3.05) is 57.3 Å². The van der Waals surface area contributed by atoms with Crippen molar-refractivity contribution < 1.29 is 4.79 Å². The van der Waals surface area contributed by atoms with Gasteiger partial charge in [-0.25, -0.2) is 0 Å². The first-order chi connectivity index (χ1) is 14.8. The van der Waals surface area contributed by atoms with Gasteiger partial charge >= 0.3 is 0 Å². The number of rotatable bonds is 6. The first kappa shape index (κ1) is 20.2. The van der Waals surface area contributed by atoms with Crippen molar-refractivity contribution in [3.63, 3.8) is 0 Å². The molecule has 5 rings (SSSR count). The van der Waals surface area contributed by atoms with Gasteiger partial charge in [0.2, 0.25) is 5.91 Å². The molecule has 2 aromatic rings. The molecule has 0 saturated carbocycles. The number of fused-ring (bicyclic) bond motifs is 2. The molecule has 7 heteroatoms. The van der Waals surface area contributed by atoms with Crippen LogP contribution in [0, 0.1) is 0 Å². The highest BCUT2D eigenvalue weighted by molar-refractivity contribution is 7.13. The number of aromatic nitrogens is 1. The minimum Gasteiger partial charge on any atom is -0.353 e. The molecule has 6 nitrogen and oxygen atoms in total. The van der Waals surface area contributed by atoms with Crippen LogP contribution in [-0.4, -0.2) is 83.5 Å². The maximum atomic E-state index is 12.5. The number of piperazine rings is 1. The zero-order valence-electron chi connectivity index (χ0n) is 17.8. The summed E-state index contributed by atoms with van der Waals surface area (Å²) in [6, 6.07) is 8.55. The summed E-state index contributed by atoms with van der Waals surface area (Å²) in [4.78, 5) is 22.2. The smallest absolute Gasteiger partial charge is 0.225 e. The molecular formula is C23H33N5OS. The Kier molecular flexibility index (Phi) is 6.20. The molecule has 0 bridgehead atoms. The molecule has 3 fully saturated rings. The van der Waals surface area contributed by atoms with E-state index in [1.165, 1.54) is 42.3 Å². The SMILES string of the molecule is O=C1CCN2CCCCC2N1CCCCN1CCN(c2nsc3ccccc23)CC1. The molecule has 4 heterocycles. The van der Waals surface area contributed by atoms with E-state index in [0.29, 0.717) is 18.5 Å². The third-order valence-electron chi connectivity index (χ3n) is 7.03. The number of unbranched alkanes of at least 4 members (excludes halogenated alkanes) is 1. The van der Waals surface area contributed by atoms with E-state index in [0.717, 1.165) is 58.1 Å². The van der Waals surface area contributed by atoms with E-state index in [1.54, 1.807) is 11.5 Å². The van der Waals surface area contributed by atoms with E-state index in [2.05, 4.69) is 43.9 Å². The predicted molar refractivity (Wildman–Crippen MR) is 123 cm³/mol. The van der Waals surface area contributed by atoms with Gasteiger partial charge in [-0.3, -0.25) is 14.6 Å². The lowest BCUT2D eigenvalue weighted by atomic mass is 10.0. The maximum absolute atomic E-state index is 12.5. The molecule has 1 aromatic carbocycles. The normalized spacial score (nSPS) is 23.9. The molecule has 30 heavy (non-hydrogen) atoms. The molecule has 0 radical (unpaired) electrons. The summed E-state index contributed by atoms with van der Waals surface area (Å²) in [5.41, 5.74) is 0. The van der Waals surface area contributed by atoms with E-state index < -0.39 is 0 Å². The lowest BCUT2D eigenvalue weighted by Crippen LogP contribution is -2.58. The van der Waals surface area contributed by atoms with Crippen LogP contribution in [0.25, 0.3) is 10.1 Å². The zero-order chi connectivity index (χ0) is 20.3. The quantitative estimate of drug-likeness (QED) is 0.662. The summed E-state index contributed by atoms with van der Waals surface area (Å²) < 4.78 is 6.00. The zero-order valence-corrected chi connectivity index (χ0v) is 18.7. The Morgan fingerprint density at radius 2 is 1.80 bits per heavy atom. The highest BCUT2D eigenvalue weighted by atomic mass is 32.1. The van der Waals surface area contributed by atoms with Gasteiger partial charge in [0, 0.05) is 57.6 Å². The second-order valence-electron chi connectivity index (χ2n) is 8.89. The number of amides is 1. The largest absolute Gasteiger partial charge is 0.353 e. The number of carbonyl (C=O) groups is 1. The van der Waals surface area contributed by atoms with Gasteiger partial charge in [0.15, 0.2) is 0 Å². The van der Waals surface area contributed by atoms with Crippen LogP contribution in [0.15, 0.2) is 24.3 Å². The van der Waals surface area contributed by atoms with Crippen molar-refractivity contribution in [1.29, 1.82) is 0 Å². The van der Waals surface area contributed by atoms with Crippen LogP contribution < -0.4 is 4.90 Å². The third-order valence-corrected chi connectivity index (χ3v) is 7.84. The molecule has 3 aliphatic heterocycles. The van der Waals surface area contributed by atoms with Crippen molar-refractivity contribution in [3.8, 4) is 0 Å². The van der Waals surface area contributed by atoms with Crippen molar-refractivity contribution in [1.82, 2.24) is 19.1 Å². The summed E-state index contributed by atoms with van der Waals surface area (Å²) in [5, 5.41) is 1.29. The van der Waals surface area contributed by atoms with Crippen LogP contribution in [0.5, 0.6) is 0 Å². The van der Waals surface area contributed by atoms with Crippen LogP contribution in [0.2, 0.25) is 0 Å². The summed E-state index contributed by atoms with van der Waals surface area (Å²) in [6.07, 6.45) is 7.12. The molecular weight excluding hydrogens is 394 g/mol. The molecule has 3 aliphatic rings. The van der Waals surface area contributed by atoms with E-state index >= 15 is 0 Å². The molecule has 3 saturated heterocycles. The Morgan fingerprint density at radius 1 is 0.967 bits per heavy atom. The molecule has 162 valence electrons. The maximum Gasteiger partial charge on any atom is 0.225 e. The Balaban J connectivity index is 1.06. The molecule has 1 amide bonds. The molecule has 0 N–H and O–H groups in total. The number of nitrogens with zero attached hydrogens (tertiary/aromatic N) is 5. The fourth-order valence-corrected chi connectivity index (χ4v) is 6.11. The van der Waals surface area contributed by atoms with Gasteiger partial charge in [0.1, 0.15) is 5.82 Å². The molecule has 1 aromatic heterocycles. The average Bonchev–Trinajstić information content (AvgIpc) is 3.22. The fourth-order valence-electron chi connectivity index (χ4n) is 5.31. The topological polar surface area (TPSA) is 42.9 Å². The predicted octanol–water partition coefficient (Wildman–Crippen LogP) is 3.24. The van der Waals surface area contributed by atoms with E-state index in [1.807, 2.05) is 0 Å². The second-order valence-corrected chi connectivity index (χ2v) is 9.69. The minimum atomic E-state index is 0.377. The monoisotopic (exact) mass is 427 g/mol. The summed E-state index contributed by atoms with van der Waals surface area (Å²) >= 11 is 1.61. The van der Waals surface area contributed by atoms with Gasteiger partial charge in [-0.1, -0.05) is 12.1 Å². The lowest BCUT2D eigenvalue weighted by Gasteiger charge is -2.46. The van der Waals surface area contributed by atoms with Gasteiger partial charge in [0.25, 0.3) is 0 Å². The Morgan fingerprint density at radius 3 is 2.70 bits per heavy atom. The number of benzene rings is 1. The fraction of sp³-hybridized carbons (Fsp3) is 0.652. The van der Waals surface area contributed by atoms with E-state index in [9.17, 15) is 4.79 Å². The molecule has 1 atom stereocenters. The lowest BCUT2D eigenvalue weighted by molar-refractivity contribution is -0.146. The van der Waals surface area contributed by atoms with E-state index in [-0.39, 0.29) is 0 Å². The highest BCUT2D eigenvalue weighted by Crippen LogP contribution is 2.30. The molecule has 0 spiro atoms. The number of hydrogen-bond acceptors (Lipinski definition) is 6. The van der Waals surface area contributed by atoms with Gasteiger partial charge in [-0.15, -0.1) is 0 Å². The van der Waals surface area contributed by atoms with Crippen LogP contribution in [0.1, 0.15) is 38.5 Å². The highest BCUT2D eigenvalue weighted by Gasteiger charge is 2.34. The first-order valence-electron chi connectivity index (χ1n) is 11.6. The van der Waals surface area contributed by atoms with Crippen LogP contribution in [0.4, 0.5) is 5.82 Å². The van der Waals surface area contributed by atoms with Gasteiger partial charge in [0.05, 0.1) is 10.9 Å². The summed E-state index contributed by atoms with van der Waals surface area (Å²) in [7, 11) is 0. The van der Waals surface area contributed by atoms with Crippen molar-refractivity contribution >= 4 is 33.3 Å². The van der Waals surface area contributed by atoms with Crippen molar-refractivity contribution in [2.24, 2.45) is 0 Å². The standard InChI is InChI=1S/C23H33N5OS/c29-22-10-14-26-12-4-3-9-21(26)28(22)13-6-5-11-25-15-17-27(18-16-25)23-19-7-1-2-8-20(19)30-24-23/h1-2,7-8,21H,3-6,9-18H2. The number of hydrogen-bond donors (Lipinski definition) is 0.